The molecule has 11 nitrogen and oxygen atoms in total. The maximum atomic E-state index is 12.9. The number of carboxylic acids is 1. The second kappa shape index (κ2) is 14.4. The molecule has 0 aliphatic heterocycles. The van der Waals surface area contributed by atoms with E-state index in [-0.39, 0.29) is 41.2 Å². The average Bonchev–Trinajstić information content (AvgIpc) is 2.84. The highest BCUT2D eigenvalue weighted by Gasteiger charge is 2.26. The molecule has 4 N–H and O–H groups in total. The lowest BCUT2D eigenvalue weighted by atomic mass is 10.1. The number of carbonyl (C=O) groups is 4. The van der Waals surface area contributed by atoms with E-state index >= 15 is 0 Å². The second-order valence-corrected chi connectivity index (χ2v) is 10.8. The third-order valence-electron chi connectivity index (χ3n) is 4.82. The van der Waals surface area contributed by atoms with Crippen molar-refractivity contribution in [2.45, 2.75) is 31.2 Å². The van der Waals surface area contributed by atoms with Gasteiger partial charge in [0.15, 0.2) is 11.7 Å². The van der Waals surface area contributed by atoms with Crippen LogP contribution < -0.4 is 20.1 Å². The molecule has 2 amide bonds. The Morgan fingerprint density at radius 3 is 2.19 bits per heavy atom. The van der Waals surface area contributed by atoms with Gasteiger partial charge in [-0.05, 0) is 43.2 Å². The van der Waals surface area contributed by atoms with Gasteiger partial charge in [-0.15, -0.1) is 0 Å². The Balaban J connectivity index is 2.08. The summed E-state index contributed by atoms with van der Waals surface area (Å²) in [5, 5.41) is 13.7. The molecule has 0 spiro atoms. The molecule has 1 atom stereocenters. The van der Waals surface area contributed by atoms with Crippen molar-refractivity contribution in [3.8, 4) is 5.75 Å². The van der Waals surface area contributed by atoms with Gasteiger partial charge in [0.25, 0.3) is 0 Å². The monoisotopic (exact) mass is 551 g/mol. The number of sulfonamides is 1. The molecule has 0 saturated carbocycles. The first-order chi connectivity index (χ1) is 17.5. The summed E-state index contributed by atoms with van der Waals surface area (Å²) in [6.07, 6.45) is -0.00224. The van der Waals surface area contributed by atoms with Crippen molar-refractivity contribution in [2.24, 2.45) is 0 Å². The first-order valence-corrected chi connectivity index (χ1v) is 13.6. The van der Waals surface area contributed by atoms with Gasteiger partial charge in [0.1, 0.15) is 11.8 Å². The van der Waals surface area contributed by atoms with E-state index in [2.05, 4.69) is 15.4 Å². The van der Waals surface area contributed by atoms with Crippen LogP contribution in [0.1, 0.15) is 18.1 Å². The topological polar surface area (TPSA) is 168 Å². The van der Waals surface area contributed by atoms with Gasteiger partial charge in [-0.25, -0.2) is 13.2 Å². The van der Waals surface area contributed by atoms with Gasteiger partial charge in [-0.1, -0.05) is 41.6 Å². The quantitative estimate of drug-likeness (QED) is 0.249. The minimum atomic E-state index is -4.03. The van der Waals surface area contributed by atoms with Crippen LogP contribution in [0.5, 0.6) is 5.75 Å². The number of aliphatic carboxylic acids is 1. The smallest absolute Gasteiger partial charge is 0.341 e. The minimum Gasteiger partial charge on any atom is -0.482 e. The first kappa shape index (κ1) is 29.8. The van der Waals surface area contributed by atoms with E-state index in [1.807, 2.05) is 6.92 Å². The van der Waals surface area contributed by atoms with Crippen LogP contribution in [0, 0.1) is 6.92 Å². The summed E-state index contributed by atoms with van der Waals surface area (Å²) in [6.45, 7) is 2.80. The summed E-state index contributed by atoms with van der Waals surface area (Å²) in [4.78, 5) is 46.2. The van der Waals surface area contributed by atoms with Crippen LogP contribution in [0.25, 0.3) is 0 Å². The summed E-state index contributed by atoms with van der Waals surface area (Å²) < 4.78 is 33.4. The molecule has 0 aliphatic carbocycles. The highest BCUT2D eigenvalue weighted by molar-refractivity contribution is 8.14. The Hall–Kier alpha value is -3.42. The molecule has 2 aromatic carbocycles. The number of carboxylic acid groups (broad SMARTS) is 1. The lowest BCUT2D eigenvalue weighted by Crippen LogP contribution is -2.49. The first-order valence-electron chi connectivity index (χ1n) is 11.2. The van der Waals surface area contributed by atoms with Crippen molar-refractivity contribution in [3.63, 3.8) is 0 Å². The average molecular weight is 552 g/mol. The fourth-order valence-electron chi connectivity index (χ4n) is 2.99. The fraction of sp³-hybridized carbons (Fsp3) is 0.333. The predicted molar refractivity (Wildman–Crippen MR) is 138 cm³/mol. The van der Waals surface area contributed by atoms with Crippen LogP contribution in [-0.4, -0.2) is 67.9 Å². The molecule has 0 bridgehead atoms. The number of ether oxygens (including phenoxy) is 1. The Morgan fingerprint density at radius 1 is 0.973 bits per heavy atom. The van der Waals surface area contributed by atoms with E-state index in [9.17, 15) is 27.6 Å². The number of rotatable bonds is 14. The van der Waals surface area contributed by atoms with Crippen LogP contribution >= 0.6 is 11.8 Å². The highest BCUT2D eigenvalue weighted by Crippen LogP contribution is 2.16. The molecule has 0 saturated heterocycles. The van der Waals surface area contributed by atoms with E-state index in [0.29, 0.717) is 11.3 Å². The zero-order chi connectivity index (χ0) is 27.4. The standard InChI is InChI=1S/C24H29N3O8S2/c1-16-3-9-20(10-4-16)37(33,34)27-21(13-18-5-7-19(8-6-18)35-14-23(30)31)24(32)26-12-11-25-22(29)15-36-17(2)28/h3-10,21,27H,11-15H2,1-2H3,(H,25,29)(H,26,32)(H,30,31). The fourth-order valence-corrected chi connectivity index (χ4v) is 4.62. The lowest BCUT2D eigenvalue weighted by Gasteiger charge is -2.19. The van der Waals surface area contributed by atoms with Gasteiger partial charge >= 0.3 is 5.97 Å². The molecule has 0 aliphatic rings. The molecular weight excluding hydrogens is 522 g/mol. The van der Waals surface area contributed by atoms with Gasteiger partial charge in [-0.3, -0.25) is 14.4 Å². The van der Waals surface area contributed by atoms with E-state index in [1.165, 1.54) is 31.2 Å². The van der Waals surface area contributed by atoms with E-state index in [4.69, 9.17) is 9.84 Å². The van der Waals surface area contributed by atoms with Gasteiger partial charge in [0.05, 0.1) is 10.6 Å². The molecule has 2 rings (SSSR count). The van der Waals surface area contributed by atoms with Crippen molar-refractivity contribution in [2.75, 3.05) is 25.4 Å². The van der Waals surface area contributed by atoms with Crippen LogP contribution in [0.2, 0.25) is 0 Å². The number of nitrogens with one attached hydrogen (secondary N) is 3. The molecule has 0 radical (unpaired) electrons. The van der Waals surface area contributed by atoms with Crippen LogP contribution in [0.15, 0.2) is 53.4 Å². The number of benzene rings is 2. The predicted octanol–water partition coefficient (Wildman–Crippen LogP) is 0.860. The van der Waals surface area contributed by atoms with E-state index < -0.39 is 34.5 Å². The number of amides is 2. The zero-order valence-corrected chi connectivity index (χ0v) is 22.0. The Kier molecular flexibility index (Phi) is 11.6. The van der Waals surface area contributed by atoms with Crippen molar-refractivity contribution in [3.05, 3.63) is 59.7 Å². The Morgan fingerprint density at radius 2 is 1.59 bits per heavy atom. The minimum absolute atomic E-state index is 0.00224. The third kappa shape index (κ3) is 11.0. The molecule has 2 aromatic rings. The summed E-state index contributed by atoms with van der Waals surface area (Å²) in [7, 11) is -4.03. The molecule has 0 aromatic heterocycles. The highest BCUT2D eigenvalue weighted by atomic mass is 32.2. The summed E-state index contributed by atoms with van der Waals surface area (Å²) in [5.41, 5.74) is 1.48. The van der Waals surface area contributed by atoms with Gasteiger partial charge in [0, 0.05) is 20.0 Å². The number of aryl methyl sites for hydroxylation is 1. The zero-order valence-electron chi connectivity index (χ0n) is 20.4. The second-order valence-electron chi connectivity index (χ2n) is 7.94. The van der Waals surface area contributed by atoms with E-state index in [1.54, 1.807) is 24.3 Å². The molecule has 37 heavy (non-hydrogen) atoms. The van der Waals surface area contributed by atoms with Crippen LogP contribution in [-0.2, 0) is 35.6 Å². The number of thioether (sulfide) groups is 1. The van der Waals surface area contributed by atoms with Gasteiger partial charge in [-0.2, -0.15) is 4.72 Å². The SMILES string of the molecule is CC(=O)SCC(=O)NCCNC(=O)C(Cc1ccc(OCC(=O)O)cc1)NS(=O)(=O)c1ccc(C)cc1. The normalized spacial score (nSPS) is 11.8. The molecular formula is C24H29N3O8S2. The number of carbonyl (C=O) groups excluding carboxylic acids is 3. The van der Waals surface area contributed by atoms with Gasteiger partial charge in [0.2, 0.25) is 21.8 Å². The summed E-state index contributed by atoms with van der Waals surface area (Å²) >= 11 is 0.867. The molecule has 0 fully saturated rings. The number of hydrogen-bond acceptors (Lipinski definition) is 8. The summed E-state index contributed by atoms with van der Waals surface area (Å²) in [5.74, 6) is -1.81. The van der Waals surface area contributed by atoms with Gasteiger partial charge < -0.3 is 20.5 Å². The molecule has 0 heterocycles. The van der Waals surface area contributed by atoms with Crippen molar-refractivity contribution >= 4 is 44.7 Å². The van der Waals surface area contributed by atoms with Crippen molar-refractivity contribution in [1.82, 2.24) is 15.4 Å². The number of hydrogen-bond donors (Lipinski definition) is 4. The van der Waals surface area contributed by atoms with E-state index in [0.717, 1.165) is 17.3 Å². The largest absolute Gasteiger partial charge is 0.482 e. The Bertz CT molecular complexity index is 1200. The van der Waals surface area contributed by atoms with Crippen LogP contribution in [0.3, 0.4) is 0 Å². The molecule has 13 heteroatoms. The van der Waals surface area contributed by atoms with Crippen molar-refractivity contribution < 1.29 is 37.4 Å². The van der Waals surface area contributed by atoms with Crippen LogP contribution in [0.4, 0.5) is 0 Å². The Labute approximate surface area is 219 Å². The van der Waals surface area contributed by atoms with Crippen molar-refractivity contribution in [1.29, 1.82) is 0 Å². The maximum Gasteiger partial charge on any atom is 0.341 e. The lowest BCUT2D eigenvalue weighted by molar-refractivity contribution is -0.139. The molecule has 200 valence electrons. The maximum absolute atomic E-state index is 12.9. The summed E-state index contributed by atoms with van der Waals surface area (Å²) in [6, 6.07) is 11.2. The third-order valence-corrected chi connectivity index (χ3v) is 7.12. The molecule has 1 unspecified atom stereocenters.